The van der Waals surface area contributed by atoms with Gasteiger partial charge in [-0.15, -0.1) is 0 Å². The first-order chi connectivity index (χ1) is 8.64. The van der Waals surface area contributed by atoms with Gasteiger partial charge in [0.2, 0.25) is 0 Å². The molecule has 100 valence electrons. The number of aryl methyl sites for hydroxylation is 1. The van der Waals surface area contributed by atoms with Gasteiger partial charge in [0, 0.05) is 23.2 Å². The van der Waals surface area contributed by atoms with Gasteiger partial charge in [0.25, 0.3) is 0 Å². The molecular weight excluding hydrogens is 246 g/mol. The molecule has 2 rings (SSSR count). The molecule has 2 atom stereocenters. The molecule has 3 N–H and O–H groups in total. The molecule has 1 heterocycles. The minimum atomic E-state index is -0.353. The van der Waals surface area contributed by atoms with Crippen molar-refractivity contribution in [1.82, 2.24) is 9.97 Å². The van der Waals surface area contributed by atoms with Crippen molar-refractivity contribution in [2.75, 3.05) is 12.4 Å². The van der Waals surface area contributed by atoms with Crippen molar-refractivity contribution < 1.29 is 5.11 Å². The van der Waals surface area contributed by atoms with Crippen molar-refractivity contribution in [2.24, 2.45) is 11.7 Å². The van der Waals surface area contributed by atoms with Crippen molar-refractivity contribution in [2.45, 2.75) is 43.3 Å². The van der Waals surface area contributed by atoms with E-state index in [9.17, 15) is 5.11 Å². The monoisotopic (exact) mass is 267 g/mol. The van der Waals surface area contributed by atoms with Gasteiger partial charge >= 0.3 is 0 Å². The molecule has 1 aromatic rings. The summed E-state index contributed by atoms with van der Waals surface area (Å²) in [5.41, 5.74) is 6.86. The summed E-state index contributed by atoms with van der Waals surface area (Å²) in [4.78, 5) is 8.60. The van der Waals surface area contributed by atoms with E-state index in [1.54, 1.807) is 18.0 Å². The highest BCUT2D eigenvalue weighted by Gasteiger charge is 2.38. The van der Waals surface area contributed by atoms with Crippen LogP contribution in [0, 0.1) is 12.8 Å². The van der Waals surface area contributed by atoms with E-state index in [1.165, 1.54) is 0 Å². The molecule has 1 aliphatic carbocycles. The van der Waals surface area contributed by atoms with Crippen molar-refractivity contribution >= 4 is 11.8 Å². The largest absolute Gasteiger partial charge is 0.394 e. The molecule has 1 fully saturated rings. The van der Waals surface area contributed by atoms with Crippen molar-refractivity contribution in [3.05, 3.63) is 18.0 Å². The first-order valence-corrected chi connectivity index (χ1v) is 7.45. The zero-order valence-electron chi connectivity index (χ0n) is 10.8. The number of aliphatic hydroxyl groups excluding tert-OH is 1. The van der Waals surface area contributed by atoms with E-state index in [2.05, 4.69) is 9.97 Å². The van der Waals surface area contributed by atoms with Crippen molar-refractivity contribution in [3.63, 3.8) is 0 Å². The Bertz CT molecular complexity index is 402. The summed E-state index contributed by atoms with van der Waals surface area (Å²) < 4.78 is 0. The third kappa shape index (κ3) is 3.22. The van der Waals surface area contributed by atoms with E-state index in [0.717, 1.165) is 42.3 Å². The lowest BCUT2D eigenvalue weighted by molar-refractivity contribution is 0.158. The normalized spacial score (nSPS) is 27.6. The molecule has 1 aliphatic rings. The second-order valence-corrected chi connectivity index (χ2v) is 6.16. The summed E-state index contributed by atoms with van der Waals surface area (Å²) in [5.74, 6) is 1.40. The molecule has 0 spiro atoms. The summed E-state index contributed by atoms with van der Waals surface area (Å²) in [6.45, 7) is 2.07. The summed E-state index contributed by atoms with van der Waals surface area (Å²) >= 11 is 1.67. The van der Waals surface area contributed by atoms with Crippen LogP contribution in [-0.2, 0) is 0 Å². The molecule has 0 aliphatic heterocycles. The van der Waals surface area contributed by atoms with Crippen molar-refractivity contribution in [3.8, 4) is 0 Å². The summed E-state index contributed by atoms with van der Waals surface area (Å²) in [5, 5.41) is 10.2. The summed E-state index contributed by atoms with van der Waals surface area (Å²) in [7, 11) is 0. The van der Waals surface area contributed by atoms with Gasteiger partial charge in [-0.05, 0) is 38.2 Å². The molecule has 5 heteroatoms. The Balaban J connectivity index is 1.82. The van der Waals surface area contributed by atoms with E-state index in [1.807, 2.05) is 13.0 Å². The fraction of sp³-hybridized carbons (Fsp3) is 0.692. The number of aromatic nitrogens is 2. The van der Waals surface area contributed by atoms with Crippen LogP contribution in [0.5, 0.6) is 0 Å². The van der Waals surface area contributed by atoms with Gasteiger partial charge < -0.3 is 10.8 Å². The van der Waals surface area contributed by atoms with Crippen LogP contribution in [0.4, 0.5) is 0 Å². The zero-order chi connectivity index (χ0) is 13.0. The van der Waals surface area contributed by atoms with E-state index in [0.29, 0.717) is 5.92 Å². The third-order valence-corrected chi connectivity index (χ3v) is 4.67. The first kappa shape index (κ1) is 13.8. The van der Waals surface area contributed by atoms with E-state index < -0.39 is 0 Å². The lowest BCUT2D eigenvalue weighted by atomic mass is 9.87. The van der Waals surface area contributed by atoms with Crippen LogP contribution < -0.4 is 5.73 Å². The van der Waals surface area contributed by atoms with E-state index in [4.69, 9.17) is 5.73 Å². The summed E-state index contributed by atoms with van der Waals surface area (Å²) in [6.07, 6.45) is 6.03. The lowest BCUT2D eigenvalue weighted by Gasteiger charge is -2.29. The molecule has 0 saturated heterocycles. The fourth-order valence-electron chi connectivity index (χ4n) is 2.60. The second kappa shape index (κ2) is 5.99. The van der Waals surface area contributed by atoms with Crippen LogP contribution in [0.2, 0.25) is 0 Å². The van der Waals surface area contributed by atoms with Crippen LogP contribution >= 0.6 is 11.8 Å². The highest BCUT2D eigenvalue weighted by Crippen LogP contribution is 2.36. The predicted octanol–water partition coefficient (Wildman–Crippen LogP) is 1.76. The van der Waals surface area contributed by atoms with Gasteiger partial charge in [0.05, 0.1) is 6.61 Å². The van der Waals surface area contributed by atoms with E-state index in [-0.39, 0.29) is 12.1 Å². The van der Waals surface area contributed by atoms with Crippen LogP contribution in [0.25, 0.3) is 0 Å². The number of nitrogens with zero attached hydrogens (tertiary/aromatic N) is 2. The maximum Gasteiger partial charge on any atom is 0.187 e. The topological polar surface area (TPSA) is 72.0 Å². The summed E-state index contributed by atoms with van der Waals surface area (Å²) in [6, 6.07) is 1.90. The molecule has 2 unspecified atom stereocenters. The molecule has 18 heavy (non-hydrogen) atoms. The van der Waals surface area contributed by atoms with Crippen molar-refractivity contribution in [1.29, 1.82) is 0 Å². The smallest absolute Gasteiger partial charge is 0.187 e. The fourth-order valence-corrected chi connectivity index (χ4v) is 3.53. The van der Waals surface area contributed by atoms with Gasteiger partial charge in [-0.3, -0.25) is 0 Å². The number of hydrogen-bond donors (Lipinski definition) is 2. The average Bonchev–Trinajstić information content (AvgIpc) is 2.72. The zero-order valence-corrected chi connectivity index (χ0v) is 11.6. The number of thioether (sulfide) groups is 1. The SMILES string of the molecule is Cc1ccnc(SCCC2CCCC2(N)CO)n1. The number of rotatable bonds is 5. The Morgan fingerprint density at radius 3 is 3.17 bits per heavy atom. The van der Waals surface area contributed by atoms with Crippen LogP contribution in [0.3, 0.4) is 0 Å². The molecule has 1 aromatic heterocycles. The van der Waals surface area contributed by atoms with Gasteiger partial charge in [-0.1, -0.05) is 18.2 Å². The Labute approximate surface area is 112 Å². The average molecular weight is 267 g/mol. The molecule has 0 aromatic carbocycles. The lowest BCUT2D eigenvalue weighted by Crippen LogP contribution is -2.47. The quantitative estimate of drug-likeness (QED) is 0.628. The van der Waals surface area contributed by atoms with Crippen LogP contribution in [0.15, 0.2) is 17.4 Å². The maximum atomic E-state index is 9.39. The van der Waals surface area contributed by atoms with Gasteiger partial charge in [0.1, 0.15) is 0 Å². The third-order valence-electron chi connectivity index (χ3n) is 3.77. The van der Waals surface area contributed by atoms with Crippen LogP contribution in [-0.4, -0.2) is 33.0 Å². The Kier molecular flexibility index (Phi) is 4.59. The minimum Gasteiger partial charge on any atom is -0.394 e. The molecule has 4 nitrogen and oxygen atoms in total. The number of hydrogen-bond acceptors (Lipinski definition) is 5. The predicted molar refractivity (Wildman–Crippen MR) is 73.5 cm³/mol. The van der Waals surface area contributed by atoms with E-state index >= 15 is 0 Å². The standard InChI is InChI=1S/C13H21N3OS/c1-10-4-7-15-12(16-10)18-8-5-11-3-2-6-13(11,14)9-17/h4,7,11,17H,2-3,5-6,8-9,14H2,1H3. The number of aliphatic hydroxyl groups is 1. The molecule has 1 saturated carbocycles. The Morgan fingerprint density at radius 1 is 1.61 bits per heavy atom. The number of nitrogens with two attached hydrogens (primary N) is 1. The van der Waals surface area contributed by atoms with Crippen LogP contribution in [0.1, 0.15) is 31.4 Å². The Morgan fingerprint density at radius 2 is 2.44 bits per heavy atom. The highest BCUT2D eigenvalue weighted by atomic mass is 32.2. The minimum absolute atomic E-state index is 0.100. The second-order valence-electron chi connectivity index (χ2n) is 5.10. The van der Waals surface area contributed by atoms with Gasteiger partial charge in [-0.2, -0.15) is 0 Å². The van der Waals surface area contributed by atoms with Gasteiger partial charge in [0.15, 0.2) is 5.16 Å². The highest BCUT2D eigenvalue weighted by molar-refractivity contribution is 7.99. The first-order valence-electron chi connectivity index (χ1n) is 6.46. The molecule has 0 bridgehead atoms. The molecule has 0 radical (unpaired) electrons. The molecular formula is C13H21N3OS. The Hall–Kier alpha value is -0.650. The van der Waals surface area contributed by atoms with Gasteiger partial charge in [-0.25, -0.2) is 9.97 Å². The maximum absolute atomic E-state index is 9.39. The molecule has 0 amide bonds.